The third kappa shape index (κ3) is 2.74. The number of aliphatic hydroxyl groups excluding tert-OH is 1. The molecule has 0 aliphatic heterocycles. The summed E-state index contributed by atoms with van der Waals surface area (Å²) < 4.78 is 15.0. The fourth-order valence-electron chi connectivity index (χ4n) is 2.63. The standard InChI is InChI=1S/C18H19FN2O/c1-12(2)14-5-8-17-16(9-14)20-18(11-22)21(17)10-13-3-6-15(19)7-4-13/h3-9,12,22H,10-11H2,1-2H3. The molecule has 0 saturated carbocycles. The maximum absolute atomic E-state index is 13.0. The second-order valence-corrected chi connectivity index (χ2v) is 5.80. The molecule has 0 amide bonds. The molecule has 1 heterocycles. The zero-order valence-corrected chi connectivity index (χ0v) is 12.8. The fourth-order valence-corrected chi connectivity index (χ4v) is 2.63. The first-order valence-electron chi connectivity index (χ1n) is 7.43. The molecule has 0 aliphatic rings. The highest BCUT2D eigenvalue weighted by molar-refractivity contribution is 5.77. The van der Waals surface area contributed by atoms with Crippen LogP contribution in [-0.2, 0) is 13.2 Å². The maximum atomic E-state index is 13.0. The van der Waals surface area contributed by atoms with Crippen molar-refractivity contribution in [3.8, 4) is 0 Å². The van der Waals surface area contributed by atoms with Crippen molar-refractivity contribution in [1.82, 2.24) is 9.55 Å². The van der Waals surface area contributed by atoms with Gasteiger partial charge >= 0.3 is 0 Å². The number of imidazole rings is 1. The first-order valence-corrected chi connectivity index (χ1v) is 7.43. The molecule has 1 N–H and O–H groups in total. The molecule has 22 heavy (non-hydrogen) atoms. The van der Waals surface area contributed by atoms with E-state index in [-0.39, 0.29) is 12.4 Å². The largest absolute Gasteiger partial charge is 0.388 e. The number of hydrogen-bond donors (Lipinski definition) is 1. The summed E-state index contributed by atoms with van der Waals surface area (Å²) in [4.78, 5) is 4.53. The van der Waals surface area contributed by atoms with Crippen LogP contribution in [0.3, 0.4) is 0 Å². The topological polar surface area (TPSA) is 38.1 Å². The Balaban J connectivity index is 2.05. The smallest absolute Gasteiger partial charge is 0.136 e. The van der Waals surface area contributed by atoms with E-state index < -0.39 is 0 Å². The van der Waals surface area contributed by atoms with Gasteiger partial charge in [-0.1, -0.05) is 32.0 Å². The SMILES string of the molecule is CC(C)c1ccc2c(c1)nc(CO)n2Cc1ccc(F)cc1. The van der Waals surface area contributed by atoms with Crippen molar-refractivity contribution in [2.75, 3.05) is 0 Å². The lowest BCUT2D eigenvalue weighted by atomic mass is 10.0. The van der Waals surface area contributed by atoms with Gasteiger partial charge in [0.2, 0.25) is 0 Å². The van der Waals surface area contributed by atoms with Crippen molar-refractivity contribution in [3.63, 3.8) is 0 Å². The second kappa shape index (κ2) is 5.89. The highest BCUT2D eigenvalue weighted by Crippen LogP contribution is 2.23. The lowest BCUT2D eigenvalue weighted by Gasteiger charge is -2.09. The molecule has 0 bridgehead atoms. The fraction of sp³-hybridized carbons (Fsp3) is 0.278. The molecule has 2 aromatic carbocycles. The Labute approximate surface area is 129 Å². The van der Waals surface area contributed by atoms with E-state index in [0.717, 1.165) is 16.6 Å². The number of halogens is 1. The van der Waals surface area contributed by atoms with Gasteiger partial charge in [0.15, 0.2) is 0 Å². The van der Waals surface area contributed by atoms with Gasteiger partial charge in [-0.3, -0.25) is 0 Å². The maximum Gasteiger partial charge on any atom is 0.136 e. The number of nitrogens with zero attached hydrogens (tertiary/aromatic N) is 2. The van der Waals surface area contributed by atoms with Crippen LogP contribution in [0, 0.1) is 5.82 Å². The van der Waals surface area contributed by atoms with Crippen LogP contribution < -0.4 is 0 Å². The Morgan fingerprint density at radius 3 is 2.50 bits per heavy atom. The number of benzene rings is 2. The minimum atomic E-state index is -0.247. The van der Waals surface area contributed by atoms with Crippen molar-refractivity contribution in [1.29, 1.82) is 0 Å². The summed E-state index contributed by atoms with van der Waals surface area (Å²) in [5.74, 6) is 0.813. The van der Waals surface area contributed by atoms with Crippen molar-refractivity contribution >= 4 is 11.0 Å². The molecule has 0 fully saturated rings. The van der Waals surface area contributed by atoms with Gasteiger partial charge in [-0.25, -0.2) is 9.37 Å². The Morgan fingerprint density at radius 1 is 1.14 bits per heavy atom. The van der Waals surface area contributed by atoms with Crippen LogP contribution in [0.15, 0.2) is 42.5 Å². The summed E-state index contributed by atoms with van der Waals surface area (Å²) in [6.45, 7) is 4.73. The molecule has 0 atom stereocenters. The lowest BCUT2D eigenvalue weighted by molar-refractivity contribution is 0.267. The molecule has 3 aromatic rings. The van der Waals surface area contributed by atoms with Crippen LogP contribution in [-0.4, -0.2) is 14.7 Å². The second-order valence-electron chi connectivity index (χ2n) is 5.80. The van der Waals surface area contributed by atoms with Crippen LogP contribution in [0.4, 0.5) is 4.39 Å². The van der Waals surface area contributed by atoms with Gasteiger partial charge in [-0.2, -0.15) is 0 Å². The summed E-state index contributed by atoms with van der Waals surface area (Å²) in [5, 5.41) is 9.58. The van der Waals surface area contributed by atoms with Crippen molar-refractivity contribution in [2.24, 2.45) is 0 Å². The molecule has 0 saturated heterocycles. The van der Waals surface area contributed by atoms with Gasteiger partial charge in [0.1, 0.15) is 18.2 Å². The number of hydrogen-bond acceptors (Lipinski definition) is 2. The van der Waals surface area contributed by atoms with E-state index in [1.54, 1.807) is 12.1 Å². The van der Waals surface area contributed by atoms with Crippen LogP contribution >= 0.6 is 0 Å². The van der Waals surface area contributed by atoms with E-state index in [2.05, 4.69) is 31.0 Å². The number of fused-ring (bicyclic) bond motifs is 1. The molecule has 3 nitrogen and oxygen atoms in total. The molecule has 0 unspecified atom stereocenters. The molecule has 114 valence electrons. The molecule has 0 radical (unpaired) electrons. The first kappa shape index (κ1) is 14.7. The normalized spacial score (nSPS) is 11.5. The molecular formula is C18H19FN2O. The van der Waals surface area contributed by atoms with Crippen molar-refractivity contribution in [3.05, 3.63) is 65.2 Å². The molecule has 3 rings (SSSR count). The zero-order valence-electron chi connectivity index (χ0n) is 12.8. The van der Waals surface area contributed by atoms with E-state index in [1.807, 2.05) is 10.6 Å². The Morgan fingerprint density at radius 2 is 1.86 bits per heavy atom. The molecule has 1 aromatic heterocycles. The van der Waals surface area contributed by atoms with Crippen LogP contribution in [0.5, 0.6) is 0 Å². The third-order valence-electron chi connectivity index (χ3n) is 3.91. The van der Waals surface area contributed by atoms with Gasteiger partial charge in [-0.15, -0.1) is 0 Å². The minimum Gasteiger partial charge on any atom is -0.388 e. The van der Waals surface area contributed by atoms with Crippen molar-refractivity contribution in [2.45, 2.75) is 32.9 Å². The summed E-state index contributed by atoms with van der Waals surface area (Å²) in [7, 11) is 0. The van der Waals surface area contributed by atoms with Crippen molar-refractivity contribution < 1.29 is 9.50 Å². The van der Waals surface area contributed by atoms with E-state index in [9.17, 15) is 9.50 Å². The number of rotatable bonds is 4. The Kier molecular flexibility index (Phi) is 3.94. The van der Waals surface area contributed by atoms with Crippen LogP contribution in [0.25, 0.3) is 11.0 Å². The number of aromatic nitrogens is 2. The highest BCUT2D eigenvalue weighted by atomic mass is 19.1. The average molecular weight is 298 g/mol. The Bertz CT molecular complexity index is 791. The molecule has 4 heteroatoms. The van der Waals surface area contributed by atoms with E-state index in [0.29, 0.717) is 18.3 Å². The lowest BCUT2D eigenvalue weighted by Crippen LogP contribution is -2.05. The third-order valence-corrected chi connectivity index (χ3v) is 3.91. The number of aliphatic hydroxyl groups is 1. The molecule has 0 aliphatic carbocycles. The van der Waals surface area contributed by atoms with Gasteiger partial charge in [-0.05, 0) is 41.3 Å². The van der Waals surface area contributed by atoms with Crippen LogP contribution in [0.1, 0.15) is 36.7 Å². The van der Waals surface area contributed by atoms with E-state index in [1.165, 1.54) is 17.7 Å². The summed E-state index contributed by atoms with van der Waals surface area (Å²) in [6, 6.07) is 12.6. The Hall–Kier alpha value is -2.20. The van der Waals surface area contributed by atoms with Crippen LogP contribution in [0.2, 0.25) is 0 Å². The predicted octanol–water partition coefficient (Wildman–Crippen LogP) is 3.84. The van der Waals surface area contributed by atoms with Gasteiger partial charge in [0.25, 0.3) is 0 Å². The molecular weight excluding hydrogens is 279 g/mol. The zero-order chi connectivity index (χ0) is 15.7. The summed E-state index contributed by atoms with van der Waals surface area (Å²) >= 11 is 0. The summed E-state index contributed by atoms with van der Waals surface area (Å²) in [5.41, 5.74) is 4.07. The van der Waals surface area contributed by atoms with E-state index in [4.69, 9.17) is 0 Å². The minimum absolute atomic E-state index is 0.118. The highest BCUT2D eigenvalue weighted by Gasteiger charge is 2.12. The first-order chi connectivity index (χ1) is 10.6. The van der Waals surface area contributed by atoms with Gasteiger partial charge in [0.05, 0.1) is 11.0 Å². The van der Waals surface area contributed by atoms with Gasteiger partial charge < -0.3 is 9.67 Å². The average Bonchev–Trinajstić information content (AvgIpc) is 2.86. The van der Waals surface area contributed by atoms with Gasteiger partial charge in [0, 0.05) is 6.54 Å². The summed E-state index contributed by atoms with van der Waals surface area (Å²) in [6.07, 6.45) is 0. The monoisotopic (exact) mass is 298 g/mol. The van der Waals surface area contributed by atoms with E-state index >= 15 is 0 Å². The predicted molar refractivity (Wildman–Crippen MR) is 85.2 cm³/mol. The molecule has 0 spiro atoms. The quantitative estimate of drug-likeness (QED) is 0.794.